The van der Waals surface area contributed by atoms with E-state index in [1.54, 1.807) is 0 Å². The Bertz CT molecular complexity index is 470. The summed E-state index contributed by atoms with van der Waals surface area (Å²) in [7, 11) is 0. The Labute approximate surface area is 121 Å². The van der Waals surface area contributed by atoms with Gasteiger partial charge in [-0.2, -0.15) is 0 Å². The zero-order chi connectivity index (χ0) is 15.0. The van der Waals surface area contributed by atoms with Gasteiger partial charge in [0.25, 0.3) is 0 Å². The van der Waals surface area contributed by atoms with E-state index in [1.807, 2.05) is 6.92 Å². The van der Waals surface area contributed by atoms with Crippen molar-refractivity contribution in [1.82, 2.24) is 10.6 Å². The van der Waals surface area contributed by atoms with E-state index in [9.17, 15) is 9.59 Å². The number of hydrogen-bond acceptors (Lipinski definition) is 2. The van der Waals surface area contributed by atoms with Gasteiger partial charge in [0.2, 0.25) is 11.8 Å². The standard InChI is InChI=1S/C16H24N2O2/c1-4-9-17-16(20)11-18-15(19)8-7-14-6-5-12(2)10-13(14)3/h5-6,10H,4,7-9,11H2,1-3H3,(H,17,20)(H,18,19). The van der Waals surface area contributed by atoms with E-state index in [0.717, 1.165) is 6.42 Å². The monoisotopic (exact) mass is 276 g/mol. The van der Waals surface area contributed by atoms with E-state index in [-0.39, 0.29) is 18.4 Å². The summed E-state index contributed by atoms with van der Waals surface area (Å²) < 4.78 is 0. The van der Waals surface area contributed by atoms with Crippen LogP contribution >= 0.6 is 0 Å². The lowest BCUT2D eigenvalue weighted by Gasteiger charge is -2.08. The average molecular weight is 276 g/mol. The van der Waals surface area contributed by atoms with Gasteiger partial charge in [0, 0.05) is 13.0 Å². The van der Waals surface area contributed by atoms with Crippen molar-refractivity contribution in [2.24, 2.45) is 0 Å². The van der Waals surface area contributed by atoms with Gasteiger partial charge in [-0.3, -0.25) is 9.59 Å². The van der Waals surface area contributed by atoms with Crippen molar-refractivity contribution in [3.05, 3.63) is 34.9 Å². The molecule has 1 aromatic carbocycles. The Morgan fingerprint density at radius 3 is 2.50 bits per heavy atom. The molecule has 4 nitrogen and oxygen atoms in total. The largest absolute Gasteiger partial charge is 0.355 e. The van der Waals surface area contributed by atoms with Crippen molar-refractivity contribution in [1.29, 1.82) is 0 Å². The quantitative estimate of drug-likeness (QED) is 0.799. The van der Waals surface area contributed by atoms with Gasteiger partial charge in [0.05, 0.1) is 6.54 Å². The molecule has 0 aliphatic rings. The molecule has 4 heteroatoms. The third-order valence-electron chi connectivity index (χ3n) is 3.14. The molecule has 0 spiro atoms. The molecule has 0 aliphatic heterocycles. The molecule has 0 heterocycles. The summed E-state index contributed by atoms with van der Waals surface area (Å²) in [5.41, 5.74) is 3.61. The fraction of sp³-hybridized carbons (Fsp3) is 0.500. The normalized spacial score (nSPS) is 10.2. The SMILES string of the molecule is CCCNC(=O)CNC(=O)CCc1ccc(C)cc1C. The van der Waals surface area contributed by atoms with Crippen LogP contribution in [-0.4, -0.2) is 24.9 Å². The molecule has 0 unspecified atom stereocenters. The highest BCUT2D eigenvalue weighted by atomic mass is 16.2. The van der Waals surface area contributed by atoms with Crippen molar-refractivity contribution in [3.63, 3.8) is 0 Å². The maximum atomic E-state index is 11.7. The van der Waals surface area contributed by atoms with Gasteiger partial charge in [0.1, 0.15) is 0 Å². The van der Waals surface area contributed by atoms with Crippen LogP contribution in [0.4, 0.5) is 0 Å². The van der Waals surface area contributed by atoms with Crippen molar-refractivity contribution in [2.45, 2.75) is 40.0 Å². The number of rotatable bonds is 7. The van der Waals surface area contributed by atoms with Gasteiger partial charge in [-0.25, -0.2) is 0 Å². The first-order valence-electron chi connectivity index (χ1n) is 7.12. The van der Waals surface area contributed by atoms with Crippen LogP contribution in [0.25, 0.3) is 0 Å². The molecule has 0 aromatic heterocycles. The summed E-state index contributed by atoms with van der Waals surface area (Å²) in [6.07, 6.45) is 2.01. The Hall–Kier alpha value is -1.84. The number of aryl methyl sites for hydroxylation is 3. The highest BCUT2D eigenvalue weighted by molar-refractivity contribution is 5.84. The van der Waals surface area contributed by atoms with Gasteiger partial charge in [-0.05, 0) is 37.8 Å². The Morgan fingerprint density at radius 1 is 1.10 bits per heavy atom. The fourth-order valence-electron chi connectivity index (χ4n) is 1.97. The van der Waals surface area contributed by atoms with E-state index in [4.69, 9.17) is 0 Å². The predicted molar refractivity (Wildman–Crippen MR) is 80.5 cm³/mol. The average Bonchev–Trinajstić information content (AvgIpc) is 2.41. The second-order valence-corrected chi connectivity index (χ2v) is 5.06. The number of hydrogen-bond donors (Lipinski definition) is 2. The van der Waals surface area contributed by atoms with Crippen molar-refractivity contribution < 1.29 is 9.59 Å². The summed E-state index contributed by atoms with van der Waals surface area (Å²) in [5.74, 6) is -0.219. The highest BCUT2D eigenvalue weighted by Gasteiger charge is 2.06. The molecule has 0 aliphatic carbocycles. The summed E-state index contributed by atoms with van der Waals surface area (Å²) in [6, 6.07) is 6.23. The number of carbonyl (C=O) groups is 2. The van der Waals surface area contributed by atoms with Crippen LogP contribution in [0.15, 0.2) is 18.2 Å². The van der Waals surface area contributed by atoms with E-state index < -0.39 is 0 Å². The van der Waals surface area contributed by atoms with Crippen LogP contribution in [0.3, 0.4) is 0 Å². The van der Waals surface area contributed by atoms with Gasteiger partial charge < -0.3 is 10.6 Å². The van der Waals surface area contributed by atoms with Crippen LogP contribution in [0.1, 0.15) is 36.5 Å². The summed E-state index contributed by atoms with van der Waals surface area (Å²) >= 11 is 0. The maximum Gasteiger partial charge on any atom is 0.239 e. The predicted octanol–water partition coefficient (Wildman–Crippen LogP) is 1.88. The number of nitrogens with one attached hydrogen (secondary N) is 2. The first-order chi connectivity index (χ1) is 9.52. The minimum Gasteiger partial charge on any atom is -0.355 e. The minimum atomic E-state index is -0.133. The van der Waals surface area contributed by atoms with Crippen LogP contribution in [-0.2, 0) is 16.0 Å². The van der Waals surface area contributed by atoms with E-state index in [0.29, 0.717) is 19.4 Å². The number of benzene rings is 1. The van der Waals surface area contributed by atoms with E-state index in [2.05, 4.69) is 42.7 Å². The molecule has 2 N–H and O–H groups in total. The smallest absolute Gasteiger partial charge is 0.239 e. The lowest BCUT2D eigenvalue weighted by molar-refractivity contribution is -0.126. The van der Waals surface area contributed by atoms with E-state index >= 15 is 0 Å². The summed E-state index contributed by atoms with van der Waals surface area (Å²) in [4.78, 5) is 23.0. The molecule has 0 bridgehead atoms. The van der Waals surface area contributed by atoms with Crippen molar-refractivity contribution in [3.8, 4) is 0 Å². The molecule has 0 fully saturated rings. The number of amides is 2. The van der Waals surface area contributed by atoms with Gasteiger partial charge in [-0.15, -0.1) is 0 Å². The van der Waals surface area contributed by atoms with Crippen LogP contribution < -0.4 is 10.6 Å². The highest BCUT2D eigenvalue weighted by Crippen LogP contribution is 2.12. The maximum absolute atomic E-state index is 11.7. The van der Waals surface area contributed by atoms with Crippen molar-refractivity contribution in [2.75, 3.05) is 13.1 Å². The lowest BCUT2D eigenvalue weighted by atomic mass is 10.0. The lowest BCUT2D eigenvalue weighted by Crippen LogP contribution is -2.37. The minimum absolute atomic E-state index is 0.0612. The Kier molecular flexibility index (Phi) is 6.77. The molecule has 20 heavy (non-hydrogen) atoms. The van der Waals surface area contributed by atoms with E-state index in [1.165, 1.54) is 16.7 Å². The van der Waals surface area contributed by atoms with Crippen molar-refractivity contribution >= 4 is 11.8 Å². The first kappa shape index (κ1) is 16.2. The second-order valence-electron chi connectivity index (χ2n) is 5.06. The molecule has 110 valence electrons. The molecular formula is C16H24N2O2. The van der Waals surface area contributed by atoms with Crippen LogP contribution in [0.2, 0.25) is 0 Å². The Morgan fingerprint density at radius 2 is 1.85 bits per heavy atom. The van der Waals surface area contributed by atoms with Crippen LogP contribution in [0.5, 0.6) is 0 Å². The molecule has 0 atom stereocenters. The third-order valence-corrected chi connectivity index (χ3v) is 3.14. The number of carbonyl (C=O) groups excluding carboxylic acids is 2. The molecule has 2 amide bonds. The molecule has 1 aromatic rings. The zero-order valence-electron chi connectivity index (χ0n) is 12.6. The first-order valence-corrected chi connectivity index (χ1v) is 7.12. The summed E-state index contributed by atoms with van der Waals surface area (Å²) in [6.45, 7) is 6.81. The van der Waals surface area contributed by atoms with Gasteiger partial charge in [0.15, 0.2) is 0 Å². The molecular weight excluding hydrogens is 252 g/mol. The van der Waals surface area contributed by atoms with Gasteiger partial charge >= 0.3 is 0 Å². The zero-order valence-corrected chi connectivity index (χ0v) is 12.6. The van der Waals surface area contributed by atoms with Gasteiger partial charge in [-0.1, -0.05) is 30.7 Å². The topological polar surface area (TPSA) is 58.2 Å². The Balaban J connectivity index is 2.31. The molecule has 0 saturated heterocycles. The molecule has 1 rings (SSSR count). The summed E-state index contributed by atoms with van der Waals surface area (Å²) in [5, 5.41) is 5.36. The van der Waals surface area contributed by atoms with Crippen LogP contribution in [0, 0.1) is 13.8 Å². The third kappa shape index (κ3) is 5.87. The fourth-order valence-corrected chi connectivity index (χ4v) is 1.97. The molecule has 0 radical (unpaired) electrons. The molecule has 0 saturated carbocycles. The second kappa shape index (κ2) is 8.35.